The molecule has 2 nitrogen and oxygen atoms in total. The molecule has 2 unspecified atom stereocenters. The van der Waals surface area contributed by atoms with Gasteiger partial charge in [0, 0.05) is 17.6 Å². The lowest BCUT2D eigenvalue weighted by atomic mass is 9.88. The van der Waals surface area contributed by atoms with E-state index in [-0.39, 0.29) is 6.10 Å². The van der Waals surface area contributed by atoms with Crippen molar-refractivity contribution in [3.8, 4) is 0 Å². The van der Waals surface area contributed by atoms with Crippen LogP contribution in [0.25, 0.3) is 0 Å². The second-order valence-corrected chi connectivity index (χ2v) is 7.05. The van der Waals surface area contributed by atoms with Crippen LogP contribution in [0.5, 0.6) is 0 Å². The van der Waals surface area contributed by atoms with Crippen molar-refractivity contribution in [1.82, 2.24) is 5.32 Å². The highest BCUT2D eigenvalue weighted by Crippen LogP contribution is 2.31. The lowest BCUT2D eigenvalue weighted by Crippen LogP contribution is -2.42. The van der Waals surface area contributed by atoms with Gasteiger partial charge in [-0.2, -0.15) is 0 Å². The number of hydrogen-bond acceptors (Lipinski definition) is 2. The standard InChI is InChI=1S/C15H22BrNO/c1-15(2,3)8-11-9-17-10-14(18-11)12-6-4-5-7-13(12)16/h4-7,11,14,17H,8-10H2,1-3H3. The van der Waals surface area contributed by atoms with Crippen molar-refractivity contribution in [2.45, 2.75) is 39.4 Å². The molecule has 2 atom stereocenters. The summed E-state index contributed by atoms with van der Waals surface area (Å²) in [6.45, 7) is 8.64. The molecule has 18 heavy (non-hydrogen) atoms. The van der Waals surface area contributed by atoms with Gasteiger partial charge >= 0.3 is 0 Å². The minimum atomic E-state index is 0.154. The van der Waals surface area contributed by atoms with Crippen LogP contribution in [0.4, 0.5) is 0 Å². The van der Waals surface area contributed by atoms with Crippen LogP contribution >= 0.6 is 15.9 Å². The lowest BCUT2D eigenvalue weighted by molar-refractivity contribution is -0.0555. The molecule has 1 heterocycles. The Morgan fingerprint density at radius 3 is 2.67 bits per heavy atom. The molecular weight excluding hydrogens is 290 g/mol. The summed E-state index contributed by atoms with van der Waals surface area (Å²) in [7, 11) is 0. The quantitative estimate of drug-likeness (QED) is 0.894. The zero-order valence-electron chi connectivity index (χ0n) is 11.4. The van der Waals surface area contributed by atoms with Crippen LogP contribution in [0.15, 0.2) is 28.7 Å². The first-order chi connectivity index (χ1) is 8.46. The molecule has 1 aromatic rings. The summed E-state index contributed by atoms with van der Waals surface area (Å²) in [5, 5.41) is 3.49. The van der Waals surface area contributed by atoms with Gasteiger partial charge in [0.1, 0.15) is 0 Å². The fourth-order valence-corrected chi connectivity index (χ4v) is 2.97. The summed E-state index contributed by atoms with van der Waals surface area (Å²) in [5.41, 5.74) is 1.55. The molecule has 1 aliphatic heterocycles. The van der Waals surface area contributed by atoms with E-state index in [9.17, 15) is 0 Å². The molecule has 1 aliphatic rings. The molecule has 0 radical (unpaired) electrons. The summed E-state index contributed by atoms with van der Waals surface area (Å²) >= 11 is 3.61. The predicted octanol–water partition coefficient (Wildman–Crippen LogP) is 3.91. The van der Waals surface area contributed by atoms with Gasteiger partial charge in [0.15, 0.2) is 0 Å². The van der Waals surface area contributed by atoms with Crippen molar-refractivity contribution in [2.24, 2.45) is 5.41 Å². The van der Waals surface area contributed by atoms with Crippen LogP contribution in [0.3, 0.4) is 0 Å². The molecule has 1 saturated heterocycles. The SMILES string of the molecule is CC(C)(C)CC1CNCC(c2ccccc2Br)O1. The number of morpholine rings is 1. The van der Waals surface area contributed by atoms with Crippen molar-refractivity contribution >= 4 is 15.9 Å². The monoisotopic (exact) mass is 311 g/mol. The first-order valence-corrected chi connectivity index (χ1v) is 7.35. The highest BCUT2D eigenvalue weighted by atomic mass is 79.9. The fraction of sp³-hybridized carbons (Fsp3) is 0.600. The smallest absolute Gasteiger partial charge is 0.0964 e. The van der Waals surface area contributed by atoms with Crippen LogP contribution in [0, 0.1) is 5.41 Å². The van der Waals surface area contributed by atoms with Gasteiger partial charge in [-0.1, -0.05) is 54.9 Å². The van der Waals surface area contributed by atoms with Gasteiger partial charge in [0.05, 0.1) is 12.2 Å². The minimum absolute atomic E-state index is 0.154. The van der Waals surface area contributed by atoms with E-state index < -0.39 is 0 Å². The molecule has 1 N–H and O–H groups in total. The van der Waals surface area contributed by atoms with Gasteiger partial charge in [-0.25, -0.2) is 0 Å². The Bertz CT molecular complexity index is 400. The van der Waals surface area contributed by atoms with E-state index in [1.54, 1.807) is 0 Å². The van der Waals surface area contributed by atoms with E-state index in [0.29, 0.717) is 11.5 Å². The topological polar surface area (TPSA) is 21.3 Å². The summed E-state index contributed by atoms with van der Waals surface area (Å²) < 4.78 is 7.37. The van der Waals surface area contributed by atoms with E-state index in [1.165, 1.54) is 5.56 Å². The maximum absolute atomic E-state index is 6.24. The highest BCUT2D eigenvalue weighted by Gasteiger charge is 2.27. The summed E-state index contributed by atoms with van der Waals surface area (Å²) in [5.74, 6) is 0. The van der Waals surface area contributed by atoms with Crippen molar-refractivity contribution in [3.05, 3.63) is 34.3 Å². The second-order valence-electron chi connectivity index (χ2n) is 6.19. The van der Waals surface area contributed by atoms with Crippen molar-refractivity contribution in [3.63, 3.8) is 0 Å². The average Bonchev–Trinajstić information content (AvgIpc) is 2.27. The maximum atomic E-state index is 6.24. The first kappa shape index (κ1) is 14.0. The lowest BCUT2D eigenvalue weighted by Gasteiger charge is -2.35. The van der Waals surface area contributed by atoms with Gasteiger partial charge in [-0.05, 0) is 23.5 Å². The predicted molar refractivity (Wildman–Crippen MR) is 78.7 cm³/mol. The molecule has 0 aromatic heterocycles. The van der Waals surface area contributed by atoms with Crippen LogP contribution in [-0.2, 0) is 4.74 Å². The molecule has 1 fully saturated rings. The fourth-order valence-electron chi connectivity index (χ4n) is 2.43. The molecule has 2 rings (SSSR count). The van der Waals surface area contributed by atoms with Crippen LogP contribution in [0.1, 0.15) is 38.9 Å². The number of nitrogens with one attached hydrogen (secondary N) is 1. The minimum Gasteiger partial charge on any atom is -0.368 e. The zero-order valence-corrected chi connectivity index (χ0v) is 13.0. The van der Waals surface area contributed by atoms with E-state index in [0.717, 1.165) is 24.0 Å². The Kier molecular flexibility index (Phi) is 4.46. The molecule has 1 aromatic carbocycles. The summed E-state index contributed by atoms with van der Waals surface area (Å²) in [6, 6.07) is 8.31. The van der Waals surface area contributed by atoms with Gasteiger partial charge in [0.2, 0.25) is 0 Å². The van der Waals surface area contributed by atoms with Crippen LogP contribution in [0.2, 0.25) is 0 Å². The molecule has 0 aliphatic carbocycles. The summed E-state index contributed by atoms with van der Waals surface area (Å²) in [6.07, 6.45) is 1.54. The number of hydrogen-bond donors (Lipinski definition) is 1. The normalized spacial score (nSPS) is 25.1. The number of benzene rings is 1. The third kappa shape index (κ3) is 3.81. The molecular formula is C15H22BrNO. The number of rotatable bonds is 2. The Labute approximate surface area is 118 Å². The van der Waals surface area contributed by atoms with E-state index in [1.807, 2.05) is 6.07 Å². The molecule has 100 valence electrons. The van der Waals surface area contributed by atoms with Crippen LogP contribution < -0.4 is 5.32 Å². The molecule has 0 bridgehead atoms. The third-order valence-corrected chi connectivity index (χ3v) is 3.87. The van der Waals surface area contributed by atoms with Gasteiger partial charge in [-0.3, -0.25) is 0 Å². The van der Waals surface area contributed by atoms with Gasteiger partial charge in [0.25, 0.3) is 0 Å². The number of ether oxygens (including phenoxy) is 1. The van der Waals surface area contributed by atoms with Crippen molar-refractivity contribution < 1.29 is 4.74 Å². The highest BCUT2D eigenvalue weighted by molar-refractivity contribution is 9.10. The van der Waals surface area contributed by atoms with Gasteiger partial charge < -0.3 is 10.1 Å². The molecule has 0 spiro atoms. The molecule has 3 heteroatoms. The first-order valence-electron chi connectivity index (χ1n) is 6.56. The second kappa shape index (κ2) is 5.72. The third-order valence-electron chi connectivity index (χ3n) is 3.15. The van der Waals surface area contributed by atoms with E-state index in [4.69, 9.17) is 4.74 Å². The van der Waals surface area contributed by atoms with E-state index >= 15 is 0 Å². The Balaban J connectivity index is 2.05. The van der Waals surface area contributed by atoms with Gasteiger partial charge in [-0.15, -0.1) is 0 Å². The molecule has 0 saturated carbocycles. The van der Waals surface area contributed by atoms with Crippen LogP contribution in [-0.4, -0.2) is 19.2 Å². The largest absolute Gasteiger partial charge is 0.368 e. The zero-order chi connectivity index (χ0) is 13.2. The van der Waals surface area contributed by atoms with Crippen molar-refractivity contribution in [2.75, 3.05) is 13.1 Å². The molecule has 0 amide bonds. The Morgan fingerprint density at radius 1 is 1.28 bits per heavy atom. The number of halogens is 1. The van der Waals surface area contributed by atoms with Crippen molar-refractivity contribution in [1.29, 1.82) is 0 Å². The van der Waals surface area contributed by atoms with E-state index in [2.05, 4.69) is 60.2 Å². The summed E-state index contributed by atoms with van der Waals surface area (Å²) in [4.78, 5) is 0. The Morgan fingerprint density at radius 2 is 2.00 bits per heavy atom. The maximum Gasteiger partial charge on any atom is 0.0964 e. The average molecular weight is 312 g/mol. The Hall–Kier alpha value is -0.380.